The highest BCUT2D eigenvalue weighted by Gasteiger charge is 2.14. The highest BCUT2D eigenvalue weighted by Crippen LogP contribution is 2.23. The summed E-state index contributed by atoms with van der Waals surface area (Å²) in [7, 11) is 3.05. The molecule has 0 aliphatic carbocycles. The smallest absolute Gasteiger partial charge is 0.255 e. The van der Waals surface area contributed by atoms with Gasteiger partial charge in [0.15, 0.2) is 0 Å². The van der Waals surface area contributed by atoms with Crippen LogP contribution >= 0.6 is 21.4 Å². The first kappa shape index (κ1) is 18.7. The van der Waals surface area contributed by atoms with E-state index in [0.717, 1.165) is 5.39 Å². The molecule has 0 bridgehead atoms. The average molecular weight is 404 g/mol. The molecule has 1 aromatic heterocycles. The monoisotopic (exact) mass is 403 g/mol. The quantitative estimate of drug-likeness (QED) is 0.608. The van der Waals surface area contributed by atoms with Gasteiger partial charge in [0.25, 0.3) is 18.1 Å². The van der Waals surface area contributed by atoms with Crippen LogP contribution in [-0.2, 0) is 18.1 Å². The van der Waals surface area contributed by atoms with Crippen molar-refractivity contribution in [3.05, 3.63) is 66.9 Å². The Balaban J connectivity index is 0.000000185. The van der Waals surface area contributed by atoms with Gasteiger partial charge in [-0.1, -0.05) is 36.4 Å². The molecule has 0 fully saturated rings. The number of fused-ring (bicyclic) bond motifs is 1. The Morgan fingerprint density at radius 3 is 1.88 bits per heavy atom. The summed E-state index contributed by atoms with van der Waals surface area (Å²) < 4.78 is 43.5. The Labute approximate surface area is 148 Å². The van der Waals surface area contributed by atoms with E-state index in [1.54, 1.807) is 42.5 Å². The normalized spacial score (nSPS) is 11.6. The van der Waals surface area contributed by atoms with E-state index in [-0.39, 0.29) is 9.79 Å². The van der Waals surface area contributed by atoms with E-state index < -0.39 is 18.1 Å². The minimum Gasteiger partial charge on any atom is -0.255 e. The largest absolute Gasteiger partial charge is 0.263 e. The van der Waals surface area contributed by atoms with E-state index in [4.69, 9.17) is 21.4 Å². The molecular weight excluding hydrogens is 393 g/mol. The van der Waals surface area contributed by atoms with E-state index >= 15 is 0 Å². The van der Waals surface area contributed by atoms with Gasteiger partial charge in [-0.2, -0.15) is 0 Å². The number of benzene rings is 2. The number of nitrogens with zero attached hydrogens (tertiary/aromatic N) is 1. The van der Waals surface area contributed by atoms with Crippen LogP contribution in [0.4, 0.5) is 0 Å². The van der Waals surface area contributed by atoms with E-state index in [1.807, 2.05) is 0 Å². The summed E-state index contributed by atoms with van der Waals surface area (Å²) >= 11 is 0. The Kier molecular flexibility index (Phi) is 5.82. The van der Waals surface area contributed by atoms with Crippen molar-refractivity contribution >= 4 is 50.4 Å². The lowest BCUT2D eigenvalue weighted by molar-refractivity contribution is 0.608. The molecule has 2 aromatic carbocycles. The zero-order valence-corrected chi connectivity index (χ0v) is 15.1. The number of hydrogen-bond donors (Lipinski definition) is 0. The van der Waals surface area contributed by atoms with Crippen LogP contribution < -0.4 is 0 Å². The maximum Gasteiger partial charge on any atom is 0.263 e. The third-order valence-corrected chi connectivity index (χ3v) is 5.61. The summed E-state index contributed by atoms with van der Waals surface area (Å²) in [6, 6.07) is 16.3. The second-order valence-electron chi connectivity index (χ2n) is 4.52. The third-order valence-electron chi connectivity index (χ3n) is 2.88. The third kappa shape index (κ3) is 4.91. The maximum absolute atomic E-state index is 11.2. The van der Waals surface area contributed by atoms with Gasteiger partial charge in [0.05, 0.1) is 10.4 Å². The maximum atomic E-state index is 11.2. The van der Waals surface area contributed by atoms with E-state index in [0.29, 0.717) is 5.52 Å². The number of hydrogen-bond acceptors (Lipinski definition) is 5. The molecule has 3 aromatic rings. The van der Waals surface area contributed by atoms with Crippen LogP contribution in [0.5, 0.6) is 0 Å². The van der Waals surface area contributed by atoms with Crippen molar-refractivity contribution in [2.75, 3.05) is 0 Å². The molecule has 9 heteroatoms. The minimum absolute atomic E-state index is 0.0530. The predicted octanol–water partition coefficient (Wildman–Crippen LogP) is 3.78. The lowest BCUT2D eigenvalue weighted by Crippen LogP contribution is -1.93. The second-order valence-corrected chi connectivity index (χ2v) is 9.62. The first-order chi connectivity index (χ1) is 11.2. The van der Waals surface area contributed by atoms with Crippen molar-refractivity contribution in [3.63, 3.8) is 0 Å². The molecule has 24 heavy (non-hydrogen) atoms. The molecule has 0 atom stereocenters. The fourth-order valence-corrected chi connectivity index (χ4v) is 3.66. The van der Waals surface area contributed by atoms with Crippen LogP contribution in [0.3, 0.4) is 0 Å². The molecule has 0 saturated heterocycles. The SMILES string of the molecule is O=S(=O)(Cl)c1cccc2cccnc12.O=S(=O)(Cl)c1ccccc1. The molecule has 0 radical (unpaired) electrons. The van der Waals surface area contributed by atoms with E-state index in [1.165, 1.54) is 24.4 Å². The summed E-state index contributed by atoms with van der Waals surface area (Å²) in [5, 5.41) is 0.759. The van der Waals surface area contributed by atoms with Crippen LogP contribution in [0.1, 0.15) is 0 Å². The highest BCUT2D eigenvalue weighted by molar-refractivity contribution is 8.14. The van der Waals surface area contributed by atoms with Gasteiger partial charge in [0, 0.05) is 32.9 Å². The van der Waals surface area contributed by atoms with Crippen molar-refractivity contribution in [1.82, 2.24) is 4.98 Å². The van der Waals surface area contributed by atoms with Crippen LogP contribution in [0.15, 0.2) is 76.7 Å². The van der Waals surface area contributed by atoms with E-state index in [2.05, 4.69) is 4.98 Å². The minimum atomic E-state index is -3.72. The Morgan fingerprint density at radius 2 is 1.33 bits per heavy atom. The van der Waals surface area contributed by atoms with E-state index in [9.17, 15) is 16.8 Å². The summed E-state index contributed by atoms with van der Waals surface area (Å²) in [4.78, 5) is 4.17. The van der Waals surface area contributed by atoms with Crippen LogP contribution in [0.2, 0.25) is 0 Å². The van der Waals surface area contributed by atoms with Gasteiger partial charge in [0.1, 0.15) is 4.90 Å². The molecule has 0 saturated carbocycles. The fourth-order valence-electron chi connectivity index (χ4n) is 1.86. The molecule has 0 N–H and O–H groups in total. The van der Waals surface area contributed by atoms with Gasteiger partial charge in [-0.3, -0.25) is 4.98 Å². The molecule has 0 amide bonds. The lowest BCUT2D eigenvalue weighted by atomic mass is 10.2. The highest BCUT2D eigenvalue weighted by atomic mass is 35.7. The number of halogens is 2. The zero-order valence-electron chi connectivity index (χ0n) is 12.0. The lowest BCUT2D eigenvalue weighted by Gasteiger charge is -2.00. The van der Waals surface area contributed by atoms with Gasteiger partial charge in [-0.15, -0.1) is 0 Å². The van der Waals surface area contributed by atoms with Gasteiger partial charge < -0.3 is 0 Å². The number of rotatable bonds is 2. The van der Waals surface area contributed by atoms with Crippen molar-refractivity contribution in [1.29, 1.82) is 0 Å². The Hall–Kier alpha value is -1.67. The van der Waals surface area contributed by atoms with Crippen molar-refractivity contribution in [3.8, 4) is 0 Å². The zero-order chi connectivity index (χ0) is 17.8. The topological polar surface area (TPSA) is 81.2 Å². The summed E-state index contributed by atoms with van der Waals surface area (Å²) in [5.74, 6) is 0. The van der Waals surface area contributed by atoms with Gasteiger partial charge in [-0.25, -0.2) is 16.8 Å². The summed E-state index contributed by atoms with van der Waals surface area (Å²) in [5.41, 5.74) is 0.407. The second kappa shape index (κ2) is 7.48. The number of pyridine rings is 1. The van der Waals surface area contributed by atoms with Crippen LogP contribution in [0, 0.1) is 0 Å². The van der Waals surface area contributed by atoms with Gasteiger partial charge in [0.2, 0.25) is 0 Å². The van der Waals surface area contributed by atoms with Gasteiger partial charge in [-0.05, 0) is 24.3 Å². The molecule has 1 heterocycles. The molecule has 0 unspecified atom stereocenters. The average Bonchev–Trinajstić information content (AvgIpc) is 2.54. The molecular formula is C15H11Cl2NO4S2. The number of aromatic nitrogens is 1. The van der Waals surface area contributed by atoms with Crippen LogP contribution in [0.25, 0.3) is 10.9 Å². The first-order valence-corrected chi connectivity index (χ1v) is 11.1. The molecule has 0 aliphatic heterocycles. The standard InChI is InChI=1S/C9H6ClNO2S.C6H5ClO2S/c10-14(12,13)8-5-1-3-7-4-2-6-11-9(7)8;7-10(8,9)6-4-2-1-3-5-6/h1-6H;1-5H. The first-order valence-electron chi connectivity index (χ1n) is 6.48. The molecule has 126 valence electrons. The summed E-state index contributed by atoms with van der Waals surface area (Å²) in [6.07, 6.45) is 1.54. The van der Waals surface area contributed by atoms with Crippen molar-refractivity contribution < 1.29 is 16.8 Å². The Morgan fingerprint density at radius 1 is 0.708 bits per heavy atom. The molecule has 0 spiro atoms. The summed E-state index contributed by atoms with van der Waals surface area (Å²) in [6.45, 7) is 0. The fraction of sp³-hybridized carbons (Fsp3) is 0. The molecule has 3 rings (SSSR count). The van der Waals surface area contributed by atoms with Crippen molar-refractivity contribution in [2.45, 2.75) is 9.79 Å². The molecule has 0 aliphatic rings. The number of para-hydroxylation sites is 1. The molecule has 5 nitrogen and oxygen atoms in total. The Bertz CT molecular complexity index is 1050. The van der Waals surface area contributed by atoms with Gasteiger partial charge >= 0.3 is 0 Å². The predicted molar refractivity (Wildman–Crippen MR) is 94.3 cm³/mol. The van der Waals surface area contributed by atoms with Crippen LogP contribution in [-0.4, -0.2) is 21.8 Å². The van der Waals surface area contributed by atoms with Crippen molar-refractivity contribution in [2.24, 2.45) is 0 Å².